The molecule has 2 aliphatic rings. The number of methoxy groups -OCH3 is 1. The highest BCUT2D eigenvalue weighted by atomic mass is 16.5. The SMILES string of the molecule is COc1ccc(NC(=O)[C@@H]2Oc3c(c(=O)oc4ccccc34)[C@@H]2C2=Cc3ccccc3OC2)cc1. The lowest BCUT2D eigenvalue weighted by molar-refractivity contribution is -0.122. The molecule has 0 spiro atoms. The maximum absolute atomic E-state index is 13.5. The smallest absolute Gasteiger partial charge is 0.344 e. The summed E-state index contributed by atoms with van der Waals surface area (Å²) in [7, 11) is 1.58. The van der Waals surface area contributed by atoms with Crippen LogP contribution in [0.1, 0.15) is 17.0 Å². The number of anilines is 1. The monoisotopic (exact) mass is 467 g/mol. The molecule has 3 heterocycles. The molecule has 6 rings (SSSR count). The fourth-order valence-corrected chi connectivity index (χ4v) is 4.66. The second kappa shape index (κ2) is 8.36. The molecule has 0 saturated carbocycles. The number of carbonyl (C=O) groups is 1. The number of fused-ring (bicyclic) bond motifs is 4. The number of ether oxygens (including phenoxy) is 3. The maximum Gasteiger partial charge on any atom is 0.344 e. The molecule has 3 aromatic carbocycles. The van der Waals surface area contributed by atoms with Crippen LogP contribution < -0.4 is 25.2 Å². The van der Waals surface area contributed by atoms with E-state index in [1.807, 2.05) is 42.5 Å². The fraction of sp³-hybridized carbons (Fsp3) is 0.143. The van der Waals surface area contributed by atoms with Crippen molar-refractivity contribution >= 4 is 28.6 Å². The van der Waals surface area contributed by atoms with Gasteiger partial charge in [-0.1, -0.05) is 30.3 Å². The first kappa shape index (κ1) is 21.0. The Kier molecular flexibility index (Phi) is 5.03. The molecule has 0 aliphatic carbocycles. The molecule has 0 unspecified atom stereocenters. The van der Waals surface area contributed by atoms with Crippen molar-refractivity contribution < 1.29 is 23.4 Å². The maximum atomic E-state index is 13.5. The summed E-state index contributed by atoms with van der Waals surface area (Å²) in [4.78, 5) is 26.7. The van der Waals surface area contributed by atoms with Gasteiger partial charge in [-0.25, -0.2) is 4.79 Å². The quantitative estimate of drug-likeness (QED) is 0.436. The van der Waals surface area contributed by atoms with Gasteiger partial charge in [-0.15, -0.1) is 0 Å². The Balaban J connectivity index is 1.45. The molecule has 7 nitrogen and oxygen atoms in total. The van der Waals surface area contributed by atoms with E-state index in [4.69, 9.17) is 18.6 Å². The summed E-state index contributed by atoms with van der Waals surface area (Å²) in [5.41, 5.74) is 2.44. The largest absolute Gasteiger partial charge is 0.497 e. The van der Waals surface area contributed by atoms with Crippen molar-refractivity contribution in [1.82, 2.24) is 0 Å². The van der Waals surface area contributed by atoms with Gasteiger partial charge in [-0.2, -0.15) is 0 Å². The molecule has 4 aromatic rings. The van der Waals surface area contributed by atoms with E-state index < -0.39 is 17.6 Å². The zero-order valence-corrected chi connectivity index (χ0v) is 18.8. The molecular formula is C28H21NO6. The Hall–Kier alpha value is -4.52. The highest BCUT2D eigenvalue weighted by molar-refractivity contribution is 5.98. The summed E-state index contributed by atoms with van der Waals surface area (Å²) < 4.78 is 23.0. The highest BCUT2D eigenvalue weighted by Crippen LogP contribution is 2.46. The van der Waals surface area contributed by atoms with E-state index in [9.17, 15) is 9.59 Å². The van der Waals surface area contributed by atoms with Crippen LogP contribution in [0, 0.1) is 0 Å². The number of nitrogens with one attached hydrogen (secondary N) is 1. The number of amides is 1. The van der Waals surface area contributed by atoms with Gasteiger partial charge < -0.3 is 23.9 Å². The molecule has 0 saturated heterocycles. The summed E-state index contributed by atoms with van der Waals surface area (Å²) in [5.74, 6) is 0.756. The molecule has 174 valence electrons. The predicted octanol–water partition coefficient (Wildman–Crippen LogP) is 4.76. The molecule has 1 amide bonds. The second-order valence-electron chi connectivity index (χ2n) is 8.41. The van der Waals surface area contributed by atoms with Gasteiger partial charge in [0.1, 0.15) is 29.4 Å². The van der Waals surface area contributed by atoms with E-state index in [-0.39, 0.29) is 12.5 Å². The molecule has 1 N–H and O–H groups in total. The van der Waals surface area contributed by atoms with E-state index in [0.29, 0.717) is 33.7 Å². The van der Waals surface area contributed by atoms with Crippen LogP contribution in [-0.4, -0.2) is 25.7 Å². The number of hydrogen-bond acceptors (Lipinski definition) is 6. The first-order valence-corrected chi connectivity index (χ1v) is 11.2. The topological polar surface area (TPSA) is 87.0 Å². The van der Waals surface area contributed by atoms with Crippen molar-refractivity contribution in [2.45, 2.75) is 12.0 Å². The number of hydrogen-bond donors (Lipinski definition) is 1. The van der Waals surface area contributed by atoms with E-state index in [1.54, 1.807) is 43.5 Å². The van der Waals surface area contributed by atoms with Gasteiger partial charge in [-0.05, 0) is 54.1 Å². The van der Waals surface area contributed by atoms with Crippen molar-refractivity contribution in [2.24, 2.45) is 0 Å². The van der Waals surface area contributed by atoms with Crippen LogP contribution in [0.15, 0.2) is 87.6 Å². The lowest BCUT2D eigenvalue weighted by Crippen LogP contribution is -2.37. The normalized spacial score (nSPS) is 18.0. The van der Waals surface area contributed by atoms with Crippen LogP contribution in [0.4, 0.5) is 5.69 Å². The highest BCUT2D eigenvalue weighted by Gasteiger charge is 2.45. The summed E-state index contributed by atoms with van der Waals surface area (Å²) >= 11 is 0. The third-order valence-electron chi connectivity index (χ3n) is 6.33. The summed E-state index contributed by atoms with van der Waals surface area (Å²) in [6, 6.07) is 21.8. The van der Waals surface area contributed by atoms with Crippen LogP contribution in [0.5, 0.6) is 17.2 Å². The van der Waals surface area contributed by atoms with Crippen molar-refractivity contribution in [3.05, 3.63) is 99.9 Å². The summed E-state index contributed by atoms with van der Waals surface area (Å²) in [5, 5.41) is 3.55. The Morgan fingerprint density at radius 2 is 1.77 bits per heavy atom. The third-order valence-corrected chi connectivity index (χ3v) is 6.33. The van der Waals surface area contributed by atoms with Gasteiger partial charge in [0.25, 0.3) is 5.91 Å². The van der Waals surface area contributed by atoms with Gasteiger partial charge in [0.05, 0.1) is 24.0 Å². The van der Waals surface area contributed by atoms with E-state index in [1.165, 1.54) is 0 Å². The molecule has 1 aromatic heterocycles. The molecular weight excluding hydrogens is 446 g/mol. The molecule has 2 atom stereocenters. The molecule has 2 aliphatic heterocycles. The zero-order chi connectivity index (χ0) is 23.9. The van der Waals surface area contributed by atoms with Crippen molar-refractivity contribution in [3.8, 4) is 17.2 Å². The average Bonchev–Trinajstić information content (AvgIpc) is 3.31. The summed E-state index contributed by atoms with van der Waals surface area (Å²) in [6.07, 6.45) is 0.977. The zero-order valence-electron chi connectivity index (χ0n) is 18.8. The van der Waals surface area contributed by atoms with Crippen molar-refractivity contribution in [1.29, 1.82) is 0 Å². The average molecular weight is 467 g/mol. The number of para-hydroxylation sites is 2. The Morgan fingerprint density at radius 3 is 2.60 bits per heavy atom. The Morgan fingerprint density at radius 1 is 1.00 bits per heavy atom. The minimum atomic E-state index is -0.985. The first-order chi connectivity index (χ1) is 17.1. The number of rotatable bonds is 4. The van der Waals surface area contributed by atoms with E-state index in [0.717, 1.165) is 16.9 Å². The standard InChI is InChI=1S/C28H21NO6/c1-32-19-12-10-18(11-13-19)29-27(30)26-23(17-14-16-6-2-4-8-21(16)33-15-17)24-25(35-26)20-7-3-5-9-22(20)34-28(24)31/h2-14,23,26H,15H2,1H3,(H,29,30)/t23-,26+/m0/s1. The molecule has 35 heavy (non-hydrogen) atoms. The second-order valence-corrected chi connectivity index (χ2v) is 8.41. The Bertz CT molecular complexity index is 1540. The van der Waals surface area contributed by atoms with E-state index in [2.05, 4.69) is 5.32 Å². The van der Waals surface area contributed by atoms with Gasteiger partial charge in [-0.3, -0.25) is 4.79 Å². The molecule has 7 heteroatoms. The lowest BCUT2D eigenvalue weighted by atomic mass is 9.86. The lowest BCUT2D eigenvalue weighted by Gasteiger charge is -2.25. The fourth-order valence-electron chi connectivity index (χ4n) is 4.66. The van der Waals surface area contributed by atoms with Gasteiger partial charge in [0.15, 0.2) is 6.10 Å². The third kappa shape index (κ3) is 3.61. The summed E-state index contributed by atoms with van der Waals surface area (Å²) in [6.45, 7) is 0.225. The molecule has 0 bridgehead atoms. The minimum absolute atomic E-state index is 0.225. The van der Waals surface area contributed by atoms with Crippen LogP contribution in [0.2, 0.25) is 0 Å². The van der Waals surface area contributed by atoms with Crippen LogP contribution in [0.25, 0.3) is 17.0 Å². The Labute approximate surface area is 200 Å². The van der Waals surface area contributed by atoms with Crippen LogP contribution in [0.3, 0.4) is 0 Å². The van der Waals surface area contributed by atoms with Crippen molar-refractivity contribution in [2.75, 3.05) is 19.0 Å². The van der Waals surface area contributed by atoms with Crippen molar-refractivity contribution in [3.63, 3.8) is 0 Å². The van der Waals surface area contributed by atoms with Crippen LogP contribution in [-0.2, 0) is 4.79 Å². The predicted molar refractivity (Wildman–Crippen MR) is 131 cm³/mol. The van der Waals surface area contributed by atoms with Gasteiger partial charge in [0.2, 0.25) is 0 Å². The van der Waals surface area contributed by atoms with Gasteiger partial charge >= 0.3 is 5.63 Å². The molecule has 0 radical (unpaired) electrons. The minimum Gasteiger partial charge on any atom is -0.497 e. The number of carbonyl (C=O) groups excluding carboxylic acids is 1. The molecule has 0 fully saturated rings. The van der Waals surface area contributed by atoms with Gasteiger partial charge in [0, 0.05) is 11.3 Å². The first-order valence-electron chi connectivity index (χ1n) is 11.2. The van der Waals surface area contributed by atoms with E-state index >= 15 is 0 Å². The van der Waals surface area contributed by atoms with Crippen LogP contribution >= 0.6 is 0 Å². The number of benzene rings is 3.